The molecule has 4 heteroatoms. The molecule has 1 aromatic rings. The molecule has 0 aromatic heterocycles. The third-order valence-corrected chi connectivity index (χ3v) is 1.66. The summed E-state index contributed by atoms with van der Waals surface area (Å²) in [4.78, 5) is 20.8. The van der Waals surface area contributed by atoms with E-state index in [0.717, 1.165) is 11.6 Å². The van der Waals surface area contributed by atoms with Crippen molar-refractivity contribution in [3.8, 4) is 0 Å². The average Bonchev–Trinajstić information content (AvgIpc) is 2.27. The van der Waals surface area contributed by atoms with Gasteiger partial charge in [0.05, 0.1) is 0 Å². The number of rotatable bonds is 4. The minimum atomic E-state index is -0.873. The van der Waals surface area contributed by atoms with Crippen molar-refractivity contribution < 1.29 is 14.1 Å². The van der Waals surface area contributed by atoms with Crippen LogP contribution in [0.3, 0.4) is 0 Å². The summed E-state index contributed by atoms with van der Waals surface area (Å²) in [5, 5.41) is -0.202. The molecule has 0 unspecified atom stereocenters. The van der Waals surface area contributed by atoms with Gasteiger partial charge < -0.3 is 0 Å². The second-order valence-corrected chi connectivity index (χ2v) is 2.75. The molecule has 0 aliphatic heterocycles. The lowest BCUT2D eigenvalue weighted by molar-refractivity contribution is -0.138. The number of carbonyl (C=O) groups excluding carboxylic acids is 2. The van der Waals surface area contributed by atoms with Gasteiger partial charge in [-0.3, -0.25) is 9.59 Å². The maximum atomic E-state index is 12.7. The van der Waals surface area contributed by atoms with Crippen molar-refractivity contribution in [2.45, 2.75) is 0 Å². The Bertz CT molecular complexity index is 362. The summed E-state index contributed by atoms with van der Waals surface area (Å²) in [5.74, 6) is -0.873. The highest BCUT2D eigenvalue weighted by atomic mass is 19.2. The van der Waals surface area contributed by atoms with Crippen LogP contribution in [0.2, 0.25) is 0 Å². The molecule has 3 nitrogen and oxygen atoms in total. The summed E-state index contributed by atoms with van der Waals surface area (Å²) in [6.45, 7) is -0.669. The van der Waals surface area contributed by atoms with Crippen molar-refractivity contribution in [1.82, 2.24) is 5.12 Å². The molecular formula is C11H9FNO2. The van der Waals surface area contributed by atoms with Crippen LogP contribution in [-0.4, -0.2) is 23.9 Å². The van der Waals surface area contributed by atoms with Crippen LogP contribution in [0.15, 0.2) is 36.4 Å². The van der Waals surface area contributed by atoms with Crippen LogP contribution < -0.4 is 0 Å². The number of amides is 1. The lowest BCUT2D eigenvalue weighted by atomic mass is 10.2. The zero-order valence-electron chi connectivity index (χ0n) is 7.89. The fourth-order valence-electron chi connectivity index (χ4n) is 0.947. The van der Waals surface area contributed by atoms with Gasteiger partial charge in [-0.1, -0.05) is 34.8 Å². The maximum Gasteiger partial charge on any atom is 0.274 e. The van der Waals surface area contributed by atoms with Crippen molar-refractivity contribution in [3.63, 3.8) is 0 Å². The standard InChI is InChI=1S/C11H9FNO2/c12-13(8-9-14)11(15)7-6-10-4-2-1-3-5-10/h1-7H,8H2. The third-order valence-electron chi connectivity index (χ3n) is 1.66. The van der Waals surface area contributed by atoms with Crippen molar-refractivity contribution >= 4 is 18.3 Å². The Kier molecular flexibility index (Phi) is 4.22. The van der Waals surface area contributed by atoms with Gasteiger partial charge in [0.1, 0.15) is 6.54 Å². The normalized spacial score (nSPS) is 10.2. The summed E-state index contributed by atoms with van der Waals surface area (Å²) >= 11 is 0. The van der Waals surface area contributed by atoms with Gasteiger partial charge in [0.15, 0.2) is 0 Å². The summed E-state index contributed by atoms with van der Waals surface area (Å²) in [6, 6.07) is 8.99. The summed E-state index contributed by atoms with van der Waals surface area (Å²) in [7, 11) is 0. The van der Waals surface area contributed by atoms with Gasteiger partial charge in [-0.25, -0.2) is 0 Å². The highest BCUT2D eigenvalue weighted by Gasteiger charge is 2.07. The molecule has 1 aromatic carbocycles. The van der Waals surface area contributed by atoms with Gasteiger partial charge in [-0.15, -0.1) is 0 Å². The van der Waals surface area contributed by atoms with Gasteiger partial charge in [0.2, 0.25) is 6.29 Å². The Morgan fingerprint density at radius 1 is 1.40 bits per heavy atom. The largest absolute Gasteiger partial charge is 0.289 e. The van der Waals surface area contributed by atoms with Gasteiger partial charge in [0.25, 0.3) is 5.91 Å². The van der Waals surface area contributed by atoms with Crippen LogP contribution in [-0.2, 0) is 9.59 Å². The Hall–Kier alpha value is -1.97. The second-order valence-electron chi connectivity index (χ2n) is 2.75. The number of hydrogen-bond donors (Lipinski definition) is 0. The van der Waals surface area contributed by atoms with Crippen LogP contribution in [0.1, 0.15) is 5.56 Å². The van der Waals surface area contributed by atoms with E-state index < -0.39 is 12.5 Å². The van der Waals surface area contributed by atoms with E-state index in [0.29, 0.717) is 0 Å². The van der Waals surface area contributed by atoms with Crippen LogP contribution in [0.4, 0.5) is 4.48 Å². The zero-order valence-corrected chi connectivity index (χ0v) is 7.89. The van der Waals surface area contributed by atoms with E-state index in [1.807, 2.05) is 6.07 Å². The third kappa shape index (κ3) is 3.72. The van der Waals surface area contributed by atoms with Crippen molar-refractivity contribution in [2.75, 3.05) is 6.54 Å². The molecule has 0 fully saturated rings. The fraction of sp³-hybridized carbons (Fsp3) is 0.0909. The van der Waals surface area contributed by atoms with Crippen LogP contribution >= 0.6 is 0 Å². The topological polar surface area (TPSA) is 37.4 Å². The number of benzene rings is 1. The monoisotopic (exact) mass is 206 g/mol. The predicted molar refractivity (Wildman–Crippen MR) is 54.0 cm³/mol. The second kappa shape index (κ2) is 5.70. The lowest BCUT2D eigenvalue weighted by Gasteiger charge is -2.02. The average molecular weight is 206 g/mol. The van der Waals surface area contributed by atoms with E-state index in [-0.39, 0.29) is 5.12 Å². The molecule has 0 spiro atoms. The van der Waals surface area contributed by atoms with Gasteiger partial charge in [-0.05, 0) is 11.6 Å². The first-order valence-corrected chi connectivity index (χ1v) is 4.29. The predicted octanol–water partition coefficient (Wildman–Crippen LogP) is 1.52. The van der Waals surface area contributed by atoms with E-state index in [4.69, 9.17) is 0 Å². The van der Waals surface area contributed by atoms with Crippen molar-refractivity contribution in [3.05, 3.63) is 42.0 Å². The van der Waals surface area contributed by atoms with E-state index in [1.54, 1.807) is 24.3 Å². The molecule has 0 atom stereocenters. The summed E-state index contributed by atoms with van der Waals surface area (Å²) < 4.78 is 12.7. The first kappa shape index (κ1) is 11.1. The maximum absolute atomic E-state index is 12.7. The molecule has 0 aliphatic carbocycles. The Morgan fingerprint density at radius 2 is 2.07 bits per heavy atom. The van der Waals surface area contributed by atoms with E-state index in [1.165, 1.54) is 12.4 Å². The minimum absolute atomic E-state index is 0.202. The molecule has 1 amide bonds. The van der Waals surface area contributed by atoms with Crippen LogP contribution in [0, 0.1) is 0 Å². The van der Waals surface area contributed by atoms with Gasteiger partial charge in [-0.2, -0.15) is 5.12 Å². The SMILES string of the molecule is O=[C]CN(F)C(=O)C=Cc1ccccc1. The molecule has 0 aliphatic rings. The van der Waals surface area contributed by atoms with Crippen molar-refractivity contribution in [2.24, 2.45) is 0 Å². The number of carbonyl (C=O) groups is 1. The van der Waals surface area contributed by atoms with E-state index in [2.05, 4.69) is 0 Å². The highest BCUT2D eigenvalue weighted by Crippen LogP contribution is 2.01. The zero-order chi connectivity index (χ0) is 11.1. The number of halogens is 1. The molecule has 0 saturated carbocycles. The van der Waals surface area contributed by atoms with Gasteiger partial charge in [0, 0.05) is 6.08 Å². The molecule has 15 heavy (non-hydrogen) atoms. The van der Waals surface area contributed by atoms with Gasteiger partial charge >= 0.3 is 0 Å². The lowest BCUT2D eigenvalue weighted by Crippen LogP contribution is -2.22. The fourth-order valence-corrected chi connectivity index (χ4v) is 0.947. The minimum Gasteiger partial charge on any atom is -0.289 e. The number of nitrogens with zero attached hydrogens (tertiary/aromatic N) is 1. The molecular weight excluding hydrogens is 197 g/mol. The van der Waals surface area contributed by atoms with E-state index in [9.17, 15) is 14.1 Å². The quantitative estimate of drug-likeness (QED) is 0.553. The summed E-state index contributed by atoms with van der Waals surface area (Å²) in [5.41, 5.74) is 0.786. The molecule has 1 radical (unpaired) electrons. The Labute approximate surface area is 86.8 Å². The molecule has 0 N–H and O–H groups in total. The highest BCUT2D eigenvalue weighted by molar-refractivity contribution is 5.91. The molecule has 77 valence electrons. The molecule has 0 saturated heterocycles. The first-order valence-electron chi connectivity index (χ1n) is 4.29. The Balaban J connectivity index is 2.58. The Morgan fingerprint density at radius 3 is 2.67 bits per heavy atom. The van der Waals surface area contributed by atoms with Crippen LogP contribution in [0.25, 0.3) is 6.08 Å². The van der Waals surface area contributed by atoms with E-state index >= 15 is 0 Å². The molecule has 0 heterocycles. The first-order chi connectivity index (χ1) is 7.24. The molecule has 0 bridgehead atoms. The molecule has 1 rings (SSSR count). The smallest absolute Gasteiger partial charge is 0.274 e. The van der Waals surface area contributed by atoms with Crippen LogP contribution in [0.5, 0.6) is 0 Å². The summed E-state index contributed by atoms with van der Waals surface area (Å²) in [6.07, 6.45) is 3.83. The van der Waals surface area contributed by atoms with Crippen molar-refractivity contribution in [1.29, 1.82) is 0 Å². The number of hydrogen-bond acceptors (Lipinski definition) is 2.